The van der Waals surface area contributed by atoms with Crippen LogP contribution >= 0.6 is 0 Å². The third kappa shape index (κ3) is 3.93. The van der Waals surface area contributed by atoms with Crippen molar-refractivity contribution < 1.29 is 4.79 Å². The molecule has 2 N–H and O–H groups in total. The van der Waals surface area contributed by atoms with Gasteiger partial charge in [-0.3, -0.25) is 9.48 Å². The number of hydrogen-bond donors (Lipinski definition) is 2. The molecule has 146 valence electrons. The standard InChI is InChI=1S/C23H28N4O/c1-6-27-17(4)22(16(3)26-27)15(2)25-23(28)20-9-7-8-19(14-20)18-10-12-21(24-5)13-11-18/h7-15,24H,6H2,1-5H3,(H,25,28)/t15-/m1/s1. The average Bonchev–Trinajstić information content (AvgIpc) is 3.01. The molecule has 0 aliphatic heterocycles. The molecule has 0 fully saturated rings. The van der Waals surface area contributed by atoms with Gasteiger partial charge in [-0.15, -0.1) is 0 Å². The fourth-order valence-corrected chi connectivity index (χ4v) is 3.67. The van der Waals surface area contributed by atoms with Gasteiger partial charge in [0.05, 0.1) is 11.7 Å². The molecule has 0 aliphatic carbocycles. The molecule has 0 aliphatic rings. The number of aromatic nitrogens is 2. The van der Waals surface area contributed by atoms with Crippen molar-refractivity contribution >= 4 is 11.6 Å². The summed E-state index contributed by atoms with van der Waals surface area (Å²) in [5.41, 5.74) is 6.97. The van der Waals surface area contributed by atoms with Crippen molar-refractivity contribution in [1.29, 1.82) is 0 Å². The molecular weight excluding hydrogens is 348 g/mol. The minimum atomic E-state index is -0.105. The molecule has 0 saturated heterocycles. The SMILES string of the molecule is CCn1nc(C)c([C@@H](C)NC(=O)c2cccc(-c3ccc(NC)cc3)c2)c1C. The lowest BCUT2D eigenvalue weighted by Gasteiger charge is -2.15. The number of aryl methyl sites for hydroxylation is 2. The van der Waals surface area contributed by atoms with Crippen molar-refractivity contribution in [2.75, 3.05) is 12.4 Å². The van der Waals surface area contributed by atoms with Crippen LogP contribution in [0.25, 0.3) is 11.1 Å². The van der Waals surface area contributed by atoms with Crippen LogP contribution in [0.1, 0.15) is 47.2 Å². The summed E-state index contributed by atoms with van der Waals surface area (Å²) >= 11 is 0. The van der Waals surface area contributed by atoms with Gasteiger partial charge in [0.1, 0.15) is 0 Å². The Morgan fingerprint density at radius 3 is 2.43 bits per heavy atom. The van der Waals surface area contributed by atoms with Gasteiger partial charge in [-0.1, -0.05) is 24.3 Å². The first kappa shape index (κ1) is 19.7. The molecule has 1 amide bonds. The molecule has 3 aromatic rings. The molecular formula is C23H28N4O. The fourth-order valence-electron chi connectivity index (χ4n) is 3.67. The number of hydrogen-bond acceptors (Lipinski definition) is 3. The third-order valence-electron chi connectivity index (χ3n) is 5.15. The summed E-state index contributed by atoms with van der Waals surface area (Å²) in [7, 11) is 1.90. The van der Waals surface area contributed by atoms with E-state index in [0.717, 1.165) is 40.3 Å². The highest BCUT2D eigenvalue weighted by molar-refractivity contribution is 5.95. The van der Waals surface area contributed by atoms with Gasteiger partial charge in [0.25, 0.3) is 5.91 Å². The molecule has 1 atom stereocenters. The van der Waals surface area contributed by atoms with Crippen LogP contribution in [0.5, 0.6) is 0 Å². The maximum Gasteiger partial charge on any atom is 0.251 e. The summed E-state index contributed by atoms with van der Waals surface area (Å²) in [6.45, 7) is 8.95. The first-order chi connectivity index (χ1) is 13.4. The lowest BCUT2D eigenvalue weighted by Crippen LogP contribution is -2.27. The Bertz CT molecular complexity index is 973. The monoisotopic (exact) mass is 376 g/mol. The maximum atomic E-state index is 12.9. The molecule has 1 heterocycles. The number of carbonyl (C=O) groups is 1. The minimum absolute atomic E-state index is 0.0794. The summed E-state index contributed by atoms with van der Waals surface area (Å²) < 4.78 is 1.97. The summed E-state index contributed by atoms with van der Waals surface area (Å²) in [4.78, 5) is 12.9. The van der Waals surface area contributed by atoms with Crippen molar-refractivity contribution in [3.8, 4) is 11.1 Å². The number of carbonyl (C=O) groups excluding carboxylic acids is 1. The van der Waals surface area contributed by atoms with Crippen molar-refractivity contribution in [3.63, 3.8) is 0 Å². The van der Waals surface area contributed by atoms with E-state index in [4.69, 9.17) is 0 Å². The number of anilines is 1. The van der Waals surface area contributed by atoms with Gasteiger partial charge in [-0.2, -0.15) is 5.10 Å². The molecule has 0 bridgehead atoms. The normalized spacial score (nSPS) is 11.9. The smallest absolute Gasteiger partial charge is 0.251 e. The van der Waals surface area contributed by atoms with Gasteiger partial charge in [-0.05, 0) is 63.1 Å². The average molecular weight is 377 g/mol. The van der Waals surface area contributed by atoms with Gasteiger partial charge in [0, 0.05) is 36.1 Å². The van der Waals surface area contributed by atoms with E-state index in [1.54, 1.807) is 0 Å². The molecule has 0 spiro atoms. The van der Waals surface area contributed by atoms with Gasteiger partial charge in [-0.25, -0.2) is 0 Å². The number of nitrogens with one attached hydrogen (secondary N) is 2. The Kier molecular flexibility index (Phi) is 5.83. The topological polar surface area (TPSA) is 59.0 Å². The van der Waals surface area contributed by atoms with Crippen LogP contribution in [0.2, 0.25) is 0 Å². The Morgan fingerprint density at radius 1 is 1.11 bits per heavy atom. The lowest BCUT2D eigenvalue weighted by molar-refractivity contribution is 0.0940. The van der Waals surface area contributed by atoms with Crippen LogP contribution < -0.4 is 10.6 Å². The summed E-state index contributed by atoms with van der Waals surface area (Å²) in [5.74, 6) is -0.0794. The van der Waals surface area contributed by atoms with Gasteiger partial charge in [0.15, 0.2) is 0 Å². The molecule has 5 heteroatoms. The second-order valence-electron chi connectivity index (χ2n) is 7.00. The zero-order valence-electron chi connectivity index (χ0n) is 17.2. The highest BCUT2D eigenvalue weighted by atomic mass is 16.1. The predicted octanol–water partition coefficient (Wildman–Crippen LogP) is 4.72. The van der Waals surface area contributed by atoms with E-state index in [2.05, 4.69) is 41.7 Å². The fraction of sp³-hybridized carbons (Fsp3) is 0.304. The maximum absolute atomic E-state index is 12.9. The van der Waals surface area contributed by atoms with Crippen LogP contribution in [0.4, 0.5) is 5.69 Å². The highest BCUT2D eigenvalue weighted by Gasteiger charge is 2.19. The number of rotatable bonds is 6. The molecule has 5 nitrogen and oxygen atoms in total. The van der Waals surface area contributed by atoms with E-state index in [9.17, 15) is 4.79 Å². The van der Waals surface area contributed by atoms with Crippen LogP contribution in [0.15, 0.2) is 48.5 Å². The Labute approximate surface area is 166 Å². The zero-order valence-corrected chi connectivity index (χ0v) is 17.2. The predicted molar refractivity (Wildman–Crippen MR) is 115 cm³/mol. The first-order valence-electron chi connectivity index (χ1n) is 9.67. The van der Waals surface area contributed by atoms with Crippen LogP contribution in [0, 0.1) is 13.8 Å². The van der Waals surface area contributed by atoms with E-state index in [1.807, 2.05) is 62.0 Å². The summed E-state index contributed by atoms with van der Waals surface area (Å²) in [5, 5.41) is 10.8. The summed E-state index contributed by atoms with van der Waals surface area (Å²) in [6, 6.07) is 15.8. The molecule has 0 saturated carbocycles. The van der Waals surface area contributed by atoms with E-state index in [0.29, 0.717) is 5.56 Å². The van der Waals surface area contributed by atoms with E-state index >= 15 is 0 Å². The van der Waals surface area contributed by atoms with Crippen molar-refractivity contribution in [2.24, 2.45) is 0 Å². The Balaban J connectivity index is 1.80. The van der Waals surface area contributed by atoms with E-state index in [1.165, 1.54) is 0 Å². The lowest BCUT2D eigenvalue weighted by atomic mass is 10.0. The van der Waals surface area contributed by atoms with Gasteiger partial charge < -0.3 is 10.6 Å². The molecule has 2 aromatic carbocycles. The van der Waals surface area contributed by atoms with E-state index in [-0.39, 0.29) is 11.9 Å². The second-order valence-corrected chi connectivity index (χ2v) is 7.00. The van der Waals surface area contributed by atoms with Crippen molar-refractivity contribution in [1.82, 2.24) is 15.1 Å². The number of nitrogens with zero attached hydrogens (tertiary/aromatic N) is 2. The first-order valence-corrected chi connectivity index (χ1v) is 9.67. The van der Waals surface area contributed by atoms with Gasteiger partial charge in [0.2, 0.25) is 0 Å². The number of benzene rings is 2. The highest BCUT2D eigenvalue weighted by Crippen LogP contribution is 2.24. The van der Waals surface area contributed by atoms with Crippen LogP contribution in [0.3, 0.4) is 0 Å². The molecule has 28 heavy (non-hydrogen) atoms. The molecule has 0 radical (unpaired) electrons. The van der Waals surface area contributed by atoms with E-state index < -0.39 is 0 Å². The van der Waals surface area contributed by atoms with Crippen LogP contribution in [-0.4, -0.2) is 22.7 Å². The molecule has 3 rings (SSSR count). The molecule has 1 aromatic heterocycles. The Hall–Kier alpha value is -3.08. The zero-order chi connectivity index (χ0) is 20.3. The largest absolute Gasteiger partial charge is 0.388 e. The second kappa shape index (κ2) is 8.30. The van der Waals surface area contributed by atoms with Crippen molar-refractivity contribution in [2.45, 2.75) is 40.3 Å². The quantitative estimate of drug-likeness (QED) is 0.654. The molecule has 0 unspecified atom stereocenters. The van der Waals surface area contributed by atoms with Gasteiger partial charge >= 0.3 is 0 Å². The third-order valence-corrected chi connectivity index (χ3v) is 5.15. The van der Waals surface area contributed by atoms with Crippen molar-refractivity contribution in [3.05, 3.63) is 71.0 Å². The van der Waals surface area contributed by atoms with Crippen LogP contribution in [-0.2, 0) is 6.54 Å². The summed E-state index contributed by atoms with van der Waals surface area (Å²) in [6.07, 6.45) is 0. The number of amides is 1. The Morgan fingerprint density at radius 2 is 1.82 bits per heavy atom. The minimum Gasteiger partial charge on any atom is -0.388 e.